The predicted molar refractivity (Wildman–Crippen MR) is 100 cm³/mol. The van der Waals surface area contributed by atoms with Crippen LogP contribution in [0.25, 0.3) is 0 Å². The van der Waals surface area contributed by atoms with Crippen LogP contribution < -0.4 is 5.32 Å². The van der Waals surface area contributed by atoms with E-state index in [4.69, 9.17) is 11.6 Å². The minimum absolute atomic E-state index is 0.0594. The first kappa shape index (κ1) is 19.0. The topological polar surface area (TPSA) is 49.4 Å². The maximum absolute atomic E-state index is 12.1. The second kappa shape index (κ2) is 9.23. The van der Waals surface area contributed by atoms with E-state index in [0.717, 1.165) is 23.1 Å². The molecule has 0 saturated heterocycles. The second-order valence-electron chi connectivity index (χ2n) is 6.09. The summed E-state index contributed by atoms with van der Waals surface area (Å²) in [5.74, 6) is -0.273. The summed E-state index contributed by atoms with van der Waals surface area (Å²) in [6.07, 6.45) is 0.723. The van der Waals surface area contributed by atoms with Gasteiger partial charge in [-0.1, -0.05) is 53.6 Å². The molecule has 2 amide bonds. The van der Waals surface area contributed by atoms with Crippen LogP contribution >= 0.6 is 11.6 Å². The van der Waals surface area contributed by atoms with Crippen molar-refractivity contribution in [2.75, 3.05) is 13.1 Å². The van der Waals surface area contributed by atoms with Crippen LogP contribution in [0.4, 0.5) is 0 Å². The van der Waals surface area contributed by atoms with Crippen molar-refractivity contribution in [2.24, 2.45) is 0 Å². The van der Waals surface area contributed by atoms with Gasteiger partial charge in [0.2, 0.25) is 11.8 Å². The van der Waals surface area contributed by atoms with Crippen LogP contribution in [-0.4, -0.2) is 29.8 Å². The van der Waals surface area contributed by atoms with Gasteiger partial charge in [-0.15, -0.1) is 0 Å². The molecule has 25 heavy (non-hydrogen) atoms. The zero-order chi connectivity index (χ0) is 18.2. The van der Waals surface area contributed by atoms with Crippen molar-refractivity contribution in [2.45, 2.75) is 26.8 Å². The Kier molecular flexibility index (Phi) is 7.02. The summed E-state index contributed by atoms with van der Waals surface area (Å²) in [6, 6.07) is 15.5. The van der Waals surface area contributed by atoms with Crippen LogP contribution in [0.2, 0.25) is 5.02 Å². The molecule has 0 spiro atoms. The van der Waals surface area contributed by atoms with E-state index < -0.39 is 0 Å². The molecule has 0 aliphatic heterocycles. The van der Waals surface area contributed by atoms with Crippen LogP contribution in [0.15, 0.2) is 48.5 Å². The van der Waals surface area contributed by atoms with Crippen molar-refractivity contribution in [1.29, 1.82) is 0 Å². The fourth-order valence-corrected chi connectivity index (χ4v) is 2.55. The molecule has 0 aliphatic rings. The average Bonchev–Trinajstić information content (AvgIpc) is 2.58. The maximum Gasteiger partial charge on any atom is 0.239 e. The normalized spacial score (nSPS) is 10.4. The number of hydrogen-bond donors (Lipinski definition) is 1. The van der Waals surface area contributed by atoms with Gasteiger partial charge >= 0.3 is 0 Å². The number of nitrogens with zero attached hydrogens (tertiary/aromatic N) is 1. The number of benzene rings is 2. The van der Waals surface area contributed by atoms with Crippen LogP contribution in [0.5, 0.6) is 0 Å². The van der Waals surface area contributed by atoms with Crippen LogP contribution in [0, 0.1) is 6.92 Å². The lowest BCUT2D eigenvalue weighted by molar-refractivity contribution is -0.134. The zero-order valence-corrected chi connectivity index (χ0v) is 15.3. The van der Waals surface area contributed by atoms with Gasteiger partial charge < -0.3 is 10.2 Å². The highest BCUT2D eigenvalue weighted by atomic mass is 35.5. The van der Waals surface area contributed by atoms with E-state index >= 15 is 0 Å². The lowest BCUT2D eigenvalue weighted by Crippen LogP contribution is -2.39. The largest absolute Gasteiger partial charge is 0.354 e. The first-order valence-electron chi connectivity index (χ1n) is 8.26. The monoisotopic (exact) mass is 358 g/mol. The molecular weight excluding hydrogens is 336 g/mol. The Labute approximate surface area is 153 Å². The maximum atomic E-state index is 12.1. The fourth-order valence-electron chi connectivity index (χ4n) is 2.42. The third kappa shape index (κ3) is 6.59. The van der Waals surface area contributed by atoms with Crippen molar-refractivity contribution in [3.63, 3.8) is 0 Å². The number of nitrogens with one attached hydrogen (secondary N) is 1. The Morgan fingerprint density at radius 1 is 1.00 bits per heavy atom. The molecule has 0 aromatic heterocycles. The number of carbonyl (C=O) groups excluding carboxylic acids is 2. The molecule has 4 nitrogen and oxygen atoms in total. The summed E-state index contributed by atoms with van der Waals surface area (Å²) in [5.41, 5.74) is 3.28. The molecule has 0 atom stereocenters. The number of hydrogen-bond acceptors (Lipinski definition) is 2. The molecule has 0 saturated carbocycles. The van der Waals surface area contributed by atoms with E-state index in [0.29, 0.717) is 18.1 Å². The number of rotatable bonds is 7. The predicted octanol–water partition coefficient (Wildman–Crippen LogP) is 3.36. The highest BCUT2D eigenvalue weighted by Gasteiger charge is 2.13. The molecule has 132 valence electrons. The summed E-state index contributed by atoms with van der Waals surface area (Å²) in [4.78, 5) is 25.5. The molecule has 0 bridgehead atoms. The van der Waals surface area contributed by atoms with Crippen molar-refractivity contribution < 1.29 is 9.59 Å². The van der Waals surface area contributed by atoms with E-state index in [-0.39, 0.29) is 18.4 Å². The molecular formula is C20H23ClN2O2. The zero-order valence-electron chi connectivity index (χ0n) is 14.6. The van der Waals surface area contributed by atoms with E-state index in [9.17, 15) is 9.59 Å². The minimum atomic E-state index is -0.156. The van der Waals surface area contributed by atoms with Gasteiger partial charge in [0.05, 0.1) is 6.54 Å². The summed E-state index contributed by atoms with van der Waals surface area (Å²) in [5, 5.41) is 3.56. The van der Waals surface area contributed by atoms with Gasteiger partial charge in [0.15, 0.2) is 0 Å². The SMILES string of the molecule is CC(=O)N(CC(=O)NCCc1ccc(Cl)cc1)Cc1ccc(C)cc1. The summed E-state index contributed by atoms with van der Waals surface area (Å²) < 4.78 is 0. The Morgan fingerprint density at radius 2 is 1.60 bits per heavy atom. The minimum Gasteiger partial charge on any atom is -0.354 e. The van der Waals surface area contributed by atoms with E-state index in [2.05, 4.69) is 5.32 Å². The first-order chi connectivity index (χ1) is 11.9. The highest BCUT2D eigenvalue weighted by Crippen LogP contribution is 2.10. The Morgan fingerprint density at radius 3 is 2.20 bits per heavy atom. The Hall–Kier alpha value is -2.33. The van der Waals surface area contributed by atoms with Crippen molar-refractivity contribution in [3.8, 4) is 0 Å². The number of aryl methyl sites for hydroxylation is 1. The molecule has 2 aromatic carbocycles. The molecule has 2 aromatic rings. The highest BCUT2D eigenvalue weighted by molar-refractivity contribution is 6.30. The first-order valence-corrected chi connectivity index (χ1v) is 8.64. The van der Waals surface area contributed by atoms with Gasteiger partial charge in [-0.2, -0.15) is 0 Å². The Bertz CT molecular complexity index is 711. The molecule has 0 aliphatic carbocycles. The van der Waals surface area contributed by atoms with Crippen LogP contribution in [0.3, 0.4) is 0 Å². The third-order valence-electron chi connectivity index (χ3n) is 3.92. The molecule has 2 rings (SSSR count). The van der Waals surface area contributed by atoms with Gasteiger partial charge in [-0.25, -0.2) is 0 Å². The molecule has 0 radical (unpaired) electrons. The van der Waals surface area contributed by atoms with Crippen molar-refractivity contribution in [1.82, 2.24) is 10.2 Å². The number of carbonyl (C=O) groups is 2. The molecule has 5 heteroatoms. The number of halogens is 1. The summed E-state index contributed by atoms with van der Waals surface area (Å²) in [6.45, 7) is 4.51. The van der Waals surface area contributed by atoms with Crippen molar-refractivity contribution >= 4 is 23.4 Å². The lowest BCUT2D eigenvalue weighted by atomic mass is 10.1. The summed E-state index contributed by atoms with van der Waals surface area (Å²) >= 11 is 5.85. The average molecular weight is 359 g/mol. The molecule has 0 unspecified atom stereocenters. The lowest BCUT2D eigenvalue weighted by Gasteiger charge is -2.20. The van der Waals surface area contributed by atoms with E-state index in [1.54, 1.807) is 4.90 Å². The van der Waals surface area contributed by atoms with Gasteiger partial charge in [0.25, 0.3) is 0 Å². The molecule has 0 heterocycles. The van der Waals surface area contributed by atoms with Gasteiger partial charge in [-0.3, -0.25) is 9.59 Å². The molecule has 1 N–H and O–H groups in total. The Balaban J connectivity index is 1.82. The van der Waals surface area contributed by atoms with Crippen LogP contribution in [0.1, 0.15) is 23.6 Å². The standard InChI is InChI=1S/C20H23ClN2O2/c1-15-3-5-18(6-4-15)13-23(16(2)24)14-20(25)22-12-11-17-7-9-19(21)10-8-17/h3-10H,11-14H2,1-2H3,(H,22,25). The third-order valence-corrected chi connectivity index (χ3v) is 4.17. The molecule has 0 fully saturated rings. The van der Waals surface area contributed by atoms with E-state index in [1.165, 1.54) is 6.92 Å². The fraction of sp³-hybridized carbons (Fsp3) is 0.300. The quantitative estimate of drug-likeness (QED) is 0.825. The van der Waals surface area contributed by atoms with Gasteiger partial charge in [-0.05, 0) is 36.6 Å². The summed E-state index contributed by atoms with van der Waals surface area (Å²) in [7, 11) is 0. The smallest absolute Gasteiger partial charge is 0.239 e. The number of amides is 2. The van der Waals surface area contributed by atoms with Gasteiger partial charge in [0.1, 0.15) is 0 Å². The van der Waals surface area contributed by atoms with Crippen molar-refractivity contribution in [3.05, 3.63) is 70.2 Å². The van der Waals surface area contributed by atoms with Gasteiger partial charge in [0, 0.05) is 25.0 Å². The van der Waals surface area contributed by atoms with Crippen LogP contribution in [-0.2, 0) is 22.6 Å². The second-order valence-corrected chi connectivity index (χ2v) is 6.52. The van der Waals surface area contributed by atoms with E-state index in [1.807, 2.05) is 55.5 Å².